The first-order chi connectivity index (χ1) is 11.9. The number of likely N-dealkylation sites (tertiary alicyclic amines) is 1. The summed E-state index contributed by atoms with van der Waals surface area (Å²) in [5.41, 5.74) is 0.573. The lowest BCUT2D eigenvalue weighted by Crippen LogP contribution is -2.47. The minimum Gasteiger partial charge on any atom is -0.393 e. The minimum atomic E-state index is -0.529. The first kappa shape index (κ1) is 17.5. The van der Waals surface area contributed by atoms with E-state index in [1.165, 1.54) is 6.07 Å². The van der Waals surface area contributed by atoms with E-state index in [2.05, 4.69) is 10.1 Å². The van der Waals surface area contributed by atoms with Crippen molar-refractivity contribution in [2.24, 2.45) is 5.92 Å². The van der Waals surface area contributed by atoms with Gasteiger partial charge in [-0.2, -0.15) is 5.10 Å². The molecule has 0 aliphatic carbocycles. The molecule has 1 amide bonds. The van der Waals surface area contributed by atoms with E-state index < -0.39 is 6.10 Å². The summed E-state index contributed by atoms with van der Waals surface area (Å²) >= 11 is 0. The fourth-order valence-corrected chi connectivity index (χ4v) is 3.33. The van der Waals surface area contributed by atoms with Gasteiger partial charge in [-0.1, -0.05) is 18.2 Å². The van der Waals surface area contributed by atoms with Crippen LogP contribution in [0.15, 0.2) is 24.3 Å². The van der Waals surface area contributed by atoms with E-state index in [0.29, 0.717) is 43.1 Å². The molecule has 1 aliphatic heterocycles. The highest BCUT2D eigenvalue weighted by atomic mass is 19.1. The Balaban J connectivity index is 1.66. The molecule has 1 aromatic carbocycles. The van der Waals surface area contributed by atoms with Gasteiger partial charge in [-0.25, -0.2) is 14.1 Å². The smallest absolute Gasteiger partial charge is 0.244 e. The normalized spacial score (nSPS) is 20.7. The average Bonchev–Trinajstić information content (AvgIpc) is 2.89. The van der Waals surface area contributed by atoms with Crippen molar-refractivity contribution in [1.29, 1.82) is 0 Å². The Hall–Kier alpha value is -2.28. The van der Waals surface area contributed by atoms with Crippen LogP contribution in [-0.4, -0.2) is 49.9 Å². The zero-order chi connectivity index (χ0) is 18.0. The van der Waals surface area contributed by atoms with E-state index in [1.807, 2.05) is 6.92 Å². The molecule has 6 nitrogen and oxygen atoms in total. The molecule has 0 bridgehead atoms. The second kappa shape index (κ2) is 7.31. The summed E-state index contributed by atoms with van der Waals surface area (Å²) in [5, 5.41) is 14.5. The Morgan fingerprint density at radius 2 is 2.12 bits per heavy atom. The van der Waals surface area contributed by atoms with Crippen molar-refractivity contribution in [1.82, 2.24) is 19.7 Å². The molecule has 2 aromatic rings. The standard InChI is InChI=1S/C18H23FN4O2/c1-12-20-13(2)23(21-12)11-18(25)22-8-7-17(24)15(10-22)9-14-5-3-4-6-16(14)19/h3-6,15,17,24H,7-11H2,1-2H3/t15-,17+/m1/s1. The monoisotopic (exact) mass is 346 g/mol. The van der Waals surface area contributed by atoms with Crippen LogP contribution in [0.5, 0.6) is 0 Å². The Labute approximate surface area is 146 Å². The quantitative estimate of drug-likeness (QED) is 0.910. The Kier molecular flexibility index (Phi) is 5.13. The summed E-state index contributed by atoms with van der Waals surface area (Å²) in [4.78, 5) is 18.5. The summed E-state index contributed by atoms with van der Waals surface area (Å²) < 4.78 is 15.5. The predicted octanol–water partition coefficient (Wildman–Crippen LogP) is 1.49. The summed E-state index contributed by atoms with van der Waals surface area (Å²) in [6, 6.07) is 6.58. The van der Waals surface area contributed by atoms with Crippen molar-refractivity contribution in [3.8, 4) is 0 Å². The number of halogens is 1. The van der Waals surface area contributed by atoms with Gasteiger partial charge in [0.05, 0.1) is 6.10 Å². The highest BCUT2D eigenvalue weighted by molar-refractivity contribution is 5.76. The third-order valence-electron chi connectivity index (χ3n) is 4.73. The molecule has 25 heavy (non-hydrogen) atoms. The molecule has 3 rings (SSSR count). The van der Waals surface area contributed by atoms with E-state index in [-0.39, 0.29) is 24.2 Å². The third kappa shape index (κ3) is 4.04. The topological polar surface area (TPSA) is 71.2 Å². The van der Waals surface area contributed by atoms with Crippen LogP contribution in [0, 0.1) is 25.6 Å². The number of piperidine rings is 1. The van der Waals surface area contributed by atoms with Gasteiger partial charge in [0.2, 0.25) is 5.91 Å². The van der Waals surface area contributed by atoms with E-state index in [4.69, 9.17) is 0 Å². The molecule has 0 spiro atoms. The van der Waals surface area contributed by atoms with Gasteiger partial charge in [-0.05, 0) is 38.3 Å². The zero-order valence-corrected chi connectivity index (χ0v) is 14.5. The van der Waals surface area contributed by atoms with Crippen molar-refractivity contribution in [2.45, 2.75) is 39.3 Å². The van der Waals surface area contributed by atoms with Crippen LogP contribution in [0.2, 0.25) is 0 Å². The molecule has 0 saturated carbocycles. The van der Waals surface area contributed by atoms with Gasteiger partial charge in [0, 0.05) is 19.0 Å². The van der Waals surface area contributed by atoms with Gasteiger partial charge in [0.1, 0.15) is 24.0 Å². The number of aryl methyl sites for hydroxylation is 2. The molecular formula is C18H23FN4O2. The number of carbonyl (C=O) groups excluding carboxylic acids is 1. The molecule has 1 aromatic heterocycles. The number of carbonyl (C=O) groups is 1. The van der Waals surface area contributed by atoms with Gasteiger partial charge in [0.15, 0.2) is 0 Å². The summed E-state index contributed by atoms with van der Waals surface area (Å²) in [6.45, 7) is 4.65. The molecule has 2 atom stereocenters. The number of aliphatic hydroxyl groups excluding tert-OH is 1. The fourth-order valence-electron chi connectivity index (χ4n) is 3.33. The lowest BCUT2D eigenvalue weighted by atomic mass is 9.88. The fraction of sp³-hybridized carbons (Fsp3) is 0.500. The largest absolute Gasteiger partial charge is 0.393 e. The highest BCUT2D eigenvalue weighted by Crippen LogP contribution is 2.23. The van der Waals surface area contributed by atoms with Crippen LogP contribution < -0.4 is 0 Å². The number of rotatable bonds is 4. The van der Waals surface area contributed by atoms with E-state index in [1.54, 1.807) is 34.7 Å². The molecule has 1 fully saturated rings. The number of amides is 1. The number of aliphatic hydroxyl groups is 1. The zero-order valence-electron chi connectivity index (χ0n) is 14.5. The second-order valence-electron chi connectivity index (χ2n) is 6.62. The molecule has 0 radical (unpaired) electrons. The Bertz CT molecular complexity index is 761. The van der Waals surface area contributed by atoms with Gasteiger partial charge in [-0.15, -0.1) is 0 Å². The number of hydrogen-bond acceptors (Lipinski definition) is 4. The molecule has 7 heteroatoms. The predicted molar refractivity (Wildman–Crippen MR) is 90.3 cm³/mol. The SMILES string of the molecule is Cc1nc(C)n(CC(=O)N2CC[C@H](O)[C@H](Cc3ccccc3F)C2)n1. The number of hydrogen-bond donors (Lipinski definition) is 1. The minimum absolute atomic E-state index is 0.0570. The van der Waals surface area contributed by atoms with Crippen LogP contribution in [0.25, 0.3) is 0 Å². The van der Waals surface area contributed by atoms with Crippen molar-refractivity contribution < 1.29 is 14.3 Å². The van der Waals surface area contributed by atoms with E-state index in [0.717, 1.165) is 0 Å². The summed E-state index contributed by atoms with van der Waals surface area (Å²) in [5.74, 6) is 0.834. The summed E-state index contributed by atoms with van der Waals surface area (Å²) in [7, 11) is 0. The molecule has 1 N–H and O–H groups in total. The molecule has 0 unspecified atom stereocenters. The number of benzene rings is 1. The maximum atomic E-state index is 13.9. The average molecular weight is 346 g/mol. The maximum Gasteiger partial charge on any atom is 0.244 e. The van der Waals surface area contributed by atoms with Crippen molar-refractivity contribution in [3.05, 3.63) is 47.3 Å². The first-order valence-electron chi connectivity index (χ1n) is 8.51. The van der Waals surface area contributed by atoms with E-state index in [9.17, 15) is 14.3 Å². The van der Waals surface area contributed by atoms with Crippen molar-refractivity contribution in [2.75, 3.05) is 13.1 Å². The number of aromatic nitrogens is 3. The van der Waals surface area contributed by atoms with Crippen molar-refractivity contribution in [3.63, 3.8) is 0 Å². The van der Waals surface area contributed by atoms with Gasteiger partial charge in [-0.3, -0.25) is 4.79 Å². The molecular weight excluding hydrogens is 323 g/mol. The van der Waals surface area contributed by atoms with Gasteiger partial charge in [0.25, 0.3) is 0 Å². The van der Waals surface area contributed by atoms with Gasteiger partial charge < -0.3 is 10.0 Å². The lowest BCUT2D eigenvalue weighted by molar-refractivity contribution is -0.135. The van der Waals surface area contributed by atoms with Crippen LogP contribution in [0.4, 0.5) is 4.39 Å². The molecule has 134 valence electrons. The van der Waals surface area contributed by atoms with Crippen LogP contribution in [-0.2, 0) is 17.8 Å². The van der Waals surface area contributed by atoms with Crippen molar-refractivity contribution >= 4 is 5.91 Å². The lowest BCUT2D eigenvalue weighted by Gasteiger charge is -2.36. The van der Waals surface area contributed by atoms with Crippen LogP contribution in [0.1, 0.15) is 23.6 Å². The molecule has 1 aliphatic rings. The number of nitrogens with zero attached hydrogens (tertiary/aromatic N) is 4. The first-order valence-corrected chi connectivity index (χ1v) is 8.51. The molecule has 2 heterocycles. The van der Waals surface area contributed by atoms with E-state index >= 15 is 0 Å². The summed E-state index contributed by atoms with van der Waals surface area (Å²) in [6.07, 6.45) is 0.387. The Morgan fingerprint density at radius 3 is 2.80 bits per heavy atom. The third-order valence-corrected chi connectivity index (χ3v) is 4.73. The maximum absolute atomic E-state index is 13.9. The van der Waals surface area contributed by atoms with Crippen LogP contribution >= 0.6 is 0 Å². The highest BCUT2D eigenvalue weighted by Gasteiger charge is 2.31. The second-order valence-corrected chi connectivity index (χ2v) is 6.62. The van der Waals surface area contributed by atoms with Crippen LogP contribution in [0.3, 0.4) is 0 Å². The van der Waals surface area contributed by atoms with Gasteiger partial charge >= 0.3 is 0 Å². The Morgan fingerprint density at radius 1 is 1.36 bits per heavy atom. The molecule has 1 saturated heterocycles.